The molecule has 7 heteroatoms. The van der Waals surface area contributed by atoms with Crippen molar-refractivity contribution in [2.75, 3.05) is 6.61 Å². The van der Waals surface area contributed by atoms with Gasteiger partial charge in [0.15, 0.2) is 5.69 Å². The Hall–Kier alpha value is -3.45. The van der Waals surface area contributed by atoms with Gasteiger partial charge in [-0.3, -0.25) is 14.2 Å². The highest BCUT2D eigenvalue weighted by Crippen LogP contribution is 2.28. The number of hydrogen-bond acceptors (Lipinski definition) is 5. The van der Waals surface area contributed by atoms with Gasteiger partial charge in [-0.2, -0.15) is 0 Å². The molecule has 0 aliphatic carbocycles. The molecule has 2 N–H and O–H groups in total. The topological polar surface area (TPSA) is 93.5 Å². The molecule has 2 aromatic carbocycles. The fraction of sp³-hybridized carbons (Fsp3) is 0.292. The Balaban J connectivity index is 1.62. The Labute approximate surface area is 180 Å². The summed E-state index contributed by atoms with van der Waals surface area (Å²) in [5, 5.41) is 13.1. The molecule has 4 rings (SSSR count). The maximum absolute atomic E-state index is 12.9. The van der Waals surface area contributed by atoms with Gasteiger partial charge in [0.25, 0.3) is 11.5 Å². The molecule has 0 radical (unpaired) electrons. The van der Waals surface area contributed by atoms with Crippen LogP contribution in [-0.2, 0) is 23.4 Å². The van der Waals surface area contributed by atoms with Crippen molar-refractivity contribution in [2.45, 2.75) is 39.5 Å². The molecule has 3 aromatic rings. The van der Waals surface area contributed by atoms with E-state index in [9.17, 15) is 14.7 Å². The smallest absolute Gasteiger partial charge is 0.296 e. The molecule has 7 nitrogen and oxygen atoms in total. The number of amides is 1. The van der Waals surface area contributed by atoms with Crippen LogP contribution in [0.5, 0.6) is 5.75 Å². The predicted octanol–water partition coefficient (Wildman–Crippen LogP) is 3.12. The summed E-state index contributed by atoms with van der Waals surface area (Å²) in [6.45, 7) is 6.43. The standard InChI is InChI=1S/C24H25N3O4/c1-15-8-10-16(11-9-15)18-7-5-4-6-17(18)14-25-21(29)19-20(28)22(30)27-12-13-31-24(2,3)23(27)26-19/h4-11,28H,12-14H2,1-3H3,(H,25,29). The molecule has 31 heavy (non-hydrogen) atoms. The molecule has 1 aromatic heterocycles. The maximum atomic E-state index is 12.9. The van der Waals surface area contributed by atoms with E-state index in [2.05, 4.69) is 10.3 Å². The molecule has 1 amide bonds. The fourth-order valence-corrected chi connectivity index (χ4v) is 3.77. The average molecular weight is 419 g/mol. The molecule has 1 aliphatic rings. The Morgan fingerprint density at radius 2 is 1.90 bits per heavy atom. The first-order valence-corrected chi connectivity index (χ1v) is 10.2. The third-order valence-corrected chi connectivity index (χ3v) is 5.50. The van der Waals surface area contributed by atoms with Crippen LogP contribution >= 0.6 is 0 Å². The number of fused-ring (bicyclic) bond motifs is 1. The molecule has 0 spiro atoms. The predicted molar refractivity (Wildman–Crippen MR) is 117 cm³/mol. The van der Waals surface area contributed by atoms with Crippen LogP contribution in [0.1, 0.15) is 41.3 Å². The van der Waals surface area contributed by atoms with Crippen molar-refractivity contribution in [2.24, 2.45) is 0 Å². The molecule has 0 saturated heterocycles. The zero-order valence-electron chi connectivity index (χ0n) is 17.8. The van der Waals surface area contributed by atoms with Crippen molar-refractivity contribution in [3.05, 3.63) is 81.5 Å². The molecular weight excluding hydrogens is 394 g/mol. The number of rotatable bonds is 4. The van der Waals surface area contributed by atoms with E-state index < -0.39 is 22.8 Å². The van der Waals surface area contributed by atoms with E-state index in [1.807, 2.05) is 55.5 Å². The molecule has 1 aliphatic heterocycles. The first-order valence-electron chi connectivity index (χ1n) is 10.2. The average Bonchev–Trinajstić information content (AvgIpc) is 2.75. The summed E-state index contributed by atoms with van der Waals surface area (Å²) in [7, 11) is 0. The molecular formula is C24H25N3O4. The van der Waals surface area contributed by atoms with Crippen molar-refractivity contribution in [3.8, 4) is 16.9 Å². The minimum atomic E-state index is -0.835. The number of benzene rings is 2. The highest BCUT2D eigenvalue weighted by Gasteiger charge is 2.34. The van der Waals surface area contributed by atoms with Gasteiger partial charge in [-0.15, -0.1) is 0 Å². The Morgan fingerprint density at radius 3 is 2.65 bits per heavy atom. The number of nitrogens with zero attached hydrogens (tertiary/aromatic N) is 2. The molecule has 0 fully saturated rings. The van der Waals surface area contributed by atoms with Crippen LogP contribution in [0.15, 0.2) is 53.3 Å². The molecule has 0 unspecified atom stereocenters. The Morgan fingerprint density at radius 1 is 1.19 bits per heavy atom. The second kappa shape index (κ2) is 8.00. The van der Waals surface area contributed by atoms with Gasteiger partial charge in [-0.25, -0.2) is 4.98 Å². The molecule has 160 valence electrons. The minimum Gasteiger partial charge on any atom is -0.501 e. The number of carbonyl (C=O) groups is 1. The summed E-state index contributed by atoms with van der Waals surface area (Å²) in [5.74, 6) is -0.935. The van der Waals surface area contributed by atoms with Crippen LogP contribution < -0.4 is 10.9 Å². The van der Waals surface area contributed by atoms with Crippen molar-refractivity contribution in [3.63, 3.8) is 0 Å². The third kappa shape index (κ3) is 3.96. The van der Waals surface area contributed by atoms with Gasteiger partial charge >= 0.3 is 0 Å². The highest BCUT2D eigenvalue weighted by atomic mass is 16.5. The summed E-state index contributed by atoms with van der Waals surface area (Å²) >= 11 is 0. The summed E-state index contributed by atoms with van der Waals surface area (Å²) in [5.41, 5.74) is 2.37. The van der Waals surface area contributed by atoms with Gasteiger partial charge in [0.1, 0.15) is 11.4 Å². The number of aromatic nitrogens is 2. The van der Waals surface area contributed by atoms with Crippen molar-refractivity contribution in [1.29, 1.82) is 0 Å². The van der Waals surface area contributed by atoms with Gasteiger partial charge in [-0.05, 0) is 37.5 Å². The van der Waals surface area contributed by atoms with Crippen LogP contribution in [0, 0.1) is 6.92 Å². The fourth-order valence-electron chi connectivity index (χ4n) is 3.77. The van der Waals surface area contributed by atoms with Crippen LogP contribution in [0.25, 0.3) is 11.1 Å². The van der Waals surface area contributed by atoms with E-state index in [4.69, 9.17) is 4.74 Å². The van der Waals surface area contributed by atoms with Crippen molar-refractivity contribution < 1.29 is 14.6 Å². The van der Waals surface area contributed by atoms with E-state index in [0.29, 0.717) is 12.4 Å². The van der Waals surface area contributed by atoms with Gasteiger partial charge in [0.05, 0.1) is 13.2 Å². The lowest BCUT2D eigenvalue weighted by atomic mass is 9.99. The summed E-state index contributed by atoms with van der Waals surface area (Å²) in [6.07, 6.45) is 0. The normalized spacial score (nSPS) is 14.7. The maximum Gasteiger partial charge on any atom is 0.296 e. The van der Waals surface area contributed by atoms with Gasteiger partial charge in [0, 0.05) is 6.54 Å². The lowest BCUT2D eigenvalue weighted by Gasteiger charge is -2.32. The van der Waals surface area contributed by atoms with E-state index in [0.717, 1.165) is 16.7 Å². The summed E-state index contributed by atoms with van der Waals surface area (Å²) < 4.78 is 7.05. The third-order valence-electron chi connectivity index (χ3n) is 5.50. The van der Waals surface area contributed by atoms with Gasteiger partial charge in [0.2, 0.25) is 5.75 Å². The van der Waals surface area contributed by atoms with E-state index in [1.165, 1.54) is 10.1 Å². The number of carbonyl (C=O) groups excluding carboxylic acids is 1. The lowest BCUT2D eigenvalue weighted by molar-refractivity contribution is -0.0566. The summed E-state index contributed by atoms with van der Waals surface area (Å²) in [4.78, 5) is 29.8. The first-order chi connectivity index (χ1) is 14.8. The highest BCUT2D eigenvalue weighted by molar-refractivity contribution is 5.94. The van der Waals surface area contributed by atoms with E-state index in [1.54, 1.807) is 13.8 Å². The quantitative estimate of drug-likeness (QED) is 0.678. The SMILES string of the molecule is Cc1ccc(-c2ccccc2CNC(=O)c2nc3n(c(=O)c2O)CCOC3(C)C)cc1. The number of hydrogen-bond donors (Lipinski definition) is 2. The van der Waals surface area contributed by atoms with Crippen LogP contribution in [0.3, 0.4) is 0 Å². The molecule has 0 bridgehead atoms. The number of aryl methyl sites for hydroxylation is 1. The second-order valence-corrected chi connectivity index (χ2v) is 8.15. The second-order valence-electron chi connectivity index (χ2n) is 8.15. The van der Waals surface area contributed by atoms with Crippen LogP contribution in [0.4, 0.5) is 0 Å². The summed E-state index contributed by atoms with van der Waals surface area (Å²) in [6, 6.07) is 15.9. The van der Waals surface area contributed by atoms with Gasteiger partial charge < -0.3 is 15.2 Å². The zero-order chi connectivity index (χ0) is 22.2. The van der Waals surface area contributed by atoms with Crippen molar-refractivity contribution >= 4 is 5.91 Å². The van der Waals surface area contributed by atoms with E-state index in [-0.39, 0.29) is 18.8 Å². The first kappa shape index (κ1) is 20.8. The molecule has 0 atom stereocenters. The van der Waals surface area contributed by atoms with Crippen LogP contribution in [-0.4, -0.2) is 27.2 Å². The zero-order valence-corrected chi connectivity index (χ0v) is 17.8. The molecule has 0 saturated carbocycles. The minimum absolute atomic E-state index is 0.225. The monoisotopic (exact) mass is 419 g/mol. The van der Waals surface area contributed by atoms with Crippen molar-refractivity contribution in [1.82, 2.24) is 14.9 Å². The molecule has 2 heterocycles. The number of nitrogens with one attached hydrogen (secondary N) is 1. The largest absolute Gasteiger partial charge is 0.501 e. The van der Waals surface area contributed by atoms with E-state index >= 15 is 0 Å². The Kier molecular flexibility index (Phi) is 5.37. The lowest BCUT2D eigenvalue weighted by Crippen LogP contribution is -2.42. The van der Waals surface area contributed by atoms with Crippen LogP contribution in [0.2, 0.25) is 0 Å². The van der Waals surface area contributed by atoms with Gasteiger partial charge in [-0.1, -0.05) is 54.1 Å². The number of aromatic hydroxyl groups is 1. The Bertz CT molecular complexity index is 1200. The number of ether oxygens (including phenoxy) is 1.